The Morgan fingerprint density at radius 3 is 2.40 bits per heavy atom. The van der Waals surface area contributed by atoms with Crippen molar-refractivity contribution in [1.82, 2.24) is 14.8 Å². The molecule has 2 saturated heterocycles. The van der Waals surface area contributed by atoms with Gasteiger partial charge in [-0.2, -0.15) is 0 Å². The first-order valence-corrected chi connectivity index (χ1v) is 10.7. The van der Waals surface area contributed by atoms with Crippen molar-refractivity contribution in [3.63, 3.8) is 0 Å². The molecule has 2 fully saturated rings. The van der Waals surface area contributed by atoms with Crippen LogP contribution in [0.4, 0.5) is 10.6 Å². The second kappa shape index (κ2) is 9.45. The Morgan fingerprint density at radius 2 is 1.77 bits per heavy atom. The van der Waals surface area contributed by atoms with Crippen LogP contribution < -0.4 is 5.32 Å². The molecule has 8 heteroatoms. The van der Waals surface area contributed by atoms with E-state index < -0.39 is 5.60 Å². The normalized spacial score (nSPS) is 20.6. The van der Waals surface area contributed by atoms with Gasteiger partial charge in [0, 0.05) is 38.3 Å². The molecule has 1 N–H and O–H groups in total. The molecule has 164 valence electrons. The van der Waals surface area contributed by atoms with E-state index in [4.69, 9.17) is 4.74 Å². The van der Waals surface area contributed by atoms with Gasteiger partial charge in [-0.25, -0.2) is 9.78 Å². The number of nitrogens with zero attached hydrogens (tertiary/aromatic N) is 3. The molecule has 0 aromatic carbocycles. The van der Waals surface area contributed by atoms with Crippen molar-refractivity contribution in [3.05, 3.63) is 24.4 Å². The number of hydrogen-bond acceptors (Lipinski definition) is 5. The minimum atomic E-state index is -0.550. The maximum absolute atomic E-state index is 13.0. The summed E-state index contributed by atoms with van der Waals surface area (Å²) in [5.74, 6) is 0.248. The molecular formula is C22H32N4O4. The van der Waals surface area contributed by atoms with E-state index in [9.17, 15) is 14.4 Å². The van der Waals surface area contributed by atoms with Crippen molar-refractivity contribution in [2.24, 2.45) is 11.8 Å². The zero-order chi connectivity index (χ0) is 21.7. The zero-order valence-electron chi connectivity index (χ0n) is 18.1. The number of aromatic nitrogens is 1. The maximum Gasteiger partial charge on any atom is 0.410 e. The van der Waals surface area contributed by atoms with E-state index in [0.29, 0.717) is 44.8 Å². The minimum Gasteiger partial charge on any atom is -0.444 e. The van der Waals surface area contributed by atoms with Crippen LogP contribution in [0, 0.1) is 11.8 Å². The summed E-state index contributed by atoms with van der Waals surface area (Å²) < 4.78 is 5.45. The largest absolute Gasteiger partial charge is 0.444 e. The molecule has 0 radical (unpaired) electrons. The van der Waals surface area contributed by atoms with Gasteiger partial charge in [0.25, 0.3) is 0 Å². The number of anilines is 1. The monoisotopic (exact) mass is 416 g/mol. The van der Waals surface area contributed by atoms with Crippen molar-refractivity contribution < 1.29 is 19.1 Å². The lowest BCUT2D eigenvalue weighted by Gasteiger charge is -2.37. The van der Waals surface area contributed by atoms with Crippen LogP contribution in [0.3, 0.4) is 0 Å². The topological polar surface area (TPSA) is 91.8 Å². The van der Waals surface area contributed by atoms with Crippen LogP contribution in [0.25, 0.3) is 0 Å². The predicted octanol–water partition coefficient (Wildman–Crippen LogP) is 2.91. The van der Waals surface area contributed by atoms with Crippen LogP contribution >= 0.6 is 0 Å². The quantitative estimate of drug-likeness (QED) is 0.818. The molecule has 3 amide bonds. The van der Waals surface area contributed by atoms with E-state index in [1.807, 2.05) is 31.7 Å². The highest BCUT2D eigenvalue weighted by Crippen LogP contribution is 2.25. The highest BCUT2D eigenvalue weighted by atomic mass is 16.6. The summed E-state index contributed by atoms with van der Waals surface area (Å²) in [6.45, 7) is 7.65. The Bertz CT molecular complexity index is 754. The van der Waals surface area contributed by atoms with Gasteiger partial charge in [0.1, 0.15) is 11.4 Å². The summed E-state index contributed by atoms with van der Waals surface area (Å²) >= 11 is 0. The predicted molar refractivity (Wildman–Crippen MR) is 113 cm³/mol. The van der Waals surface area contributed by atoms with Gasteiger partial charge in [0.2, 0.25) is 11.8 Å². The molecule has 0 bridgehead atoms. The third kappa shape index (κ3) is 5.93. The molecule has 2 aliphatic rings. The molecule has 0 spiro atoms. The fourth-order valence-electron chi connectivity index (χ4n) is 3.96. The zero-order valence-corrected chi connectivity index (χ0v) is 18.1. The average Bonchev–Trinajstić information content (AvgIpc) is 2.73. The summed E-state index contributed by atoms with van der Waals surface area (Å²) in [5.41, 5.74) is -0.550. The lowest BCUT2D eigenvalue weighted by atomic mass is 9.92. The fraction of sp³-hybridized carbons (Fsp3) is 0.636. The molecule has 1 unspecified atom stereocenters. The van der Waals surface area contributed by atoms with Crippen LogP contribution in [-0.4, -0.2) is 64.5 Å². The van der Waals surface area contributed by atoms with E-state index in [1.54, 1.807) is 23.2 Å². The van der Waals surface area contributed by atoms with Gasteiger partial charge in [0.15, 0.2) is 0 Å². The molecule has 0 saturated carbocycles. The van der Waals surface area contributed by atoms with E-state index in [0.717, 1.165) is 12.8 Å². The Morgan fingerprint density at radius 1 is 1.03 bits per heavy atom. The van der Waals surface area contributed by atoms with Crippen LogP contribution in [0.15, 0.2) is 24.4 Å². The van der Waals surface area contributed by atoms with Gasteiger partial charge in [0.05, 0.1) is 5.92 Å². The molecule has 1 atom stereocenters. The Kier molecular flexibility index (Phi) is 6.95. The maximum atomic E-state index is 13.0. The van der Waals surface area contributed by atoms with Gasteiger partial charge in [-0.15, -0.1) is 0 Å². The third-order valence-corrected chi connectivity index (χ3v) is 5.52. The number of nitrogens with one attached hydrogen (secondary N) is 1. The van der Waals surface area contributed by atoms with Crippen molar-refractivity contribution in [1.29, 1.82) is 0 Å². The van der Waals surface area contributed by atoms with Gasteiger partial charge < -0.3 is 19.9 Å². The first kappa shape index (κ1) is 22.1. The number of pyridine rings is 1. The smallest absolute Gasteiger partial charge is 0.410 e. The second-order valence-electron chi connectivity index (χ2n) is 9.07. The number of amides is 3. The van der Waals surface area contributed by atoms with Crippen molar-refractivity contribution >= 4 is 23.7 Å². The van der Waals surface area contributed by atoms with Crippen LogP contribution in [0.5, 0.6) is 0 Å². The van der Waals surface area contributed by atoms with Gasteiger partial charge in [-0.1, -0.05) is 6.07 Å². The third-order valence-electron chi connectivity index (χ3n) is 5.52. The van der Waals surface area contributed by atoms with Crippen molar-refractivity contribution in [2.45, 2.75) is 52.1 Å². The lowest BCUT2D eigenvalue weighted by molar-refractivity contribution is -0.139. The van der Waals surface area contributed by atoms with E-state index in [1.165, 1.54) is 0 Å². The van der Waals surface area contributed by atoms with Gasteiger partial charge >= 0.3 is 6.09 Å². The van der Waals surface area contributed by atoms with Crippen LogP contribution in [0.2, 0.25) is 0 Å². The highest BCUT2D eigenvalue weighted by Gasteiger charge is 2.35. The Hall–Kier alpha value is -2.64. The average molecular weight is 417 g/mol. The first-order valence-electron chi connectivity index (χ1n) is 10.7. The van der Waals surface area contributed by atoms with E-state index >= 15 is 0 Å². The number of carbonyl (C=O) groups is 3. The SMILES string of the molecule is CC(C)(C)OC(=O)N1CCCC(C(=O)N2CCC(C(=O)Nc3ccccn3)CC2)C1. The number of rotatable bonds is 3. The number of ether oxygens (including phenoxy) is 1. The fourth-order valence-corrected chi connectivity index (χ4v) is 3.96. The molecule has 2 aliphatic heterocycles. The molecule has 0 aliphatic carbocycles. The summed E-state index contributed by atoms with van der Waals surface area (Å²) in [5, 5.41) is 2.84. The van der Waals surface area contributed by atoms with Crippen LogP contribution in [0.1, 0.15) is 46.5 Å². The highest BCUT2D eigenvalue weighted by molar-refractivity contribution is 5.92. The Labute approximate surface area is 178 Å². The molecule has 30 heavy (non-hydrogen) atoms. The minimum absolute atomic E-state index is 0.0467. The van der Waals surface area contributed by atoms with Crippen LogP contribution in [-0.2, 0) is 14.3 Å². The number of hydrogen-bond donors (Lipinski definition) is 1. The lowest BCUT2D eigenvalue weighted by Crippen LogP contribution is -2.50. The van der Waals surface area contributed by atoms with E-state index in [2.05, 4.69) is 10.3 Å². The van der Waals surface area contributed by atoms with E-state index in [-0.39, 0.29) is 29.7 Å². The molecule has 1 aromatic rings. The summed E-state index contributed by atoms with van der Waals surface area (Å²) in [6.07, 6.45) is 4.11. The summed E-state index contributed by atoms with van der Waals surface area (Å²) in [7, 11) is 0. The number of carbonyl (C=O) groups excluding carboxylic acids is 3. The Balaban J connectivity index is 1.48. The van der Waals surface area contributed by atoms with Crippen molar-refractivity contribution in [3.8, 4) is 0 Å². The second-order valence-corrected chi connectivity index (χ2v) is 9.07. The summed E-state index contributed by atoms with van der Waals surface area (Å²) in [4.78, 5) is 45.4. The number of likely N-dealkylation sites (tertiary alicyclic amines) is 2. The van der Waals surface area contributed by atoms with Gasteiger partial charge in [-0.05, 0) is 58.6 Å². The molecule has 1 aromatic heterocycles. The van der Waals surface area contributed by atoms with Gasteiger partial charge in [-0.3, -0.25) is 9.59 Å². The molecule has 3 heterocycles. The first-order chi connectivity index (χ1) is 14.2. The standard InChI is InChI=1S/C22H32N4O4/c1-22(2,3)30-21(29)26-12-6-7-17(15-26)20(28)25-13-9-16(10-14-25)19(27)24-18-8-4-5-11-23-18/h4-5,8,11,16-17H,6-7,9-10,12-15H2,1-3H3,(H,23,24,27). The number of piperidine rings is 2. The summed E-state index contributed by atoms with van der Waals surface area (Å²) in [6, 6.07) is 5.39. The molecular weight excluding hydrogens is 384 g/mol. The van der Waals surface area contributed by atoms with Crippen molar-refractivity contribution in [2.75, 3.05) is 31.5 Å². The molecule has 8 nitrogen and oxygen atoms in total. The molecule has 3 rings (SSSR count).